The summed E-state index contributed by atoms with van der Waals surface area (Å²) in [4.78, 5) is 17.2. The number of amides is 1. The third-order valence-corrected chi connectivity index (χ3v) is 3.31. The molecule has 1 amide bonds. The van der Waals surface area contributed by atoms with E-state index >= 15 is 0 Å². The molecule has 0 aliphatic rings. The fourth-order valence-corrected chi connectivity index (χ4v) is 1.82. The minimum Gasteiger partial charge on any atom is -0.444 e. The van der Waals surface area contributed by atoms with Crippen molar-refractivity contribution in [3.8, 4) is 0 Å². The summed E-state index contributed by atoms with van der Waals surface area (Å²) in [5.74, 6) is 0.228. The Balaban J connectivity index is 2.53. The molecule has 2 atom stereocenters. The van der Waals surface area contributed by atoms with E-state index in [0.717, 1.165) is 12.0 Å². The molecule has 0 radical (unpaired) electrons. The van der Waals surface area contributed by atoms with Crippen LogP contribution < -0.4 is 5.32 Å². The van der Waals surface area contributed by atoms with Crippen LogP contribution in [0.5, 0.6) is 0 Å². The quantitative estimate of drug-likeness (QED) is 0.607. The lowest BCUT2D eigenvalue weighted by Gasteiger charge is -2.24. The predicted molar refractivity (Wildman–Crippen MR) is 92.3 cm³/mol. The second-order valence-electron chi connectivity index (χ2n) is 6.57. The van der Waals surface area contributed by atoms with Crippen molar-refractivity contribution in [2.45, 2.75) is 59.3 Å². The highest BCUT2D eigenvalue weighted by atomic mass is 16.6. The van der Waals surface area contributed by atoms with Crippen LogP contribution in [0.15, 0.2) is 35.5 Å². The van der Waals surface area contributed by atoms with E-state index in [1.54, 1.807) is 6.21 Å². The van der Waals surface area contributed by atoms with Gasteiger partial charge in [-0.3, -0.25) is 0 Å². The first-order chi connectivity index (χ1) is 10.8. The van der Waals surface area contributed by atoms with Gasteiger partial charge in [0, 0.05) is 0 Å². The van der Waals surface area contributed by atoms with Gasteiger partial charge in [-0.05, 0) is 32.3 Å². The molecular weight excluding hydrogens is 292 g/mol. The fraction of sp³-hybridized carbons (Fsp3) is 0.556. The summed E-state index contributed by atoms with van der Waals surface area (Å²) in [6, 6.07) is 9.58. The van der Waals surface area contributed by atoms with Crippen LogP contribution in [-0.4, -0.2) is 24.0 Å². The van der Waals surface area contributed by atoms with Crippen molar-refractivity contribution in [1.82, 2.24) is 5.32 Å². The molecule has 0 unspecified atom stereocenters. The number of benzene rings is 1. The average molecular weight is 320 g/mol. The molecule has 0 saturated heterocycles. The summed E-state index contributed by atoms with van der Waals surface area (Å²) in [7, 11) is 0. The molecule has 0 saturated carbocycles. The molecule has 1 aromatic carbocycles. The number of carbonyl (C=O) groups is 1. The molecule has 5 heteroatoms. The zero-order valence-corrected chi connectivity index (χ0v) is 14.7. The zero-order valence-electron chi connectivity index (χ0n) is 14.7. The summed E-state index contributed by atoms with van der Waals surface area (Å²) in [5, 5.41) is 6.82. The highest BCUT2D eigenvalue weighted by Crippen LogP contribution is 2.10. The summed E-state index contributed by atoms with van der Waals surface area (Å²) in [6.07, 6.45) is 2.09. The van der Waals surface area contributed by atoms with Gasteiger partial charge in [-0.1, -0.05) is 55.8 Å². The molecule has 0 fully saturated rings. The zero-order chi connectivity index (χ0) is 17.3. The van der Waals surface area contributed by atoms with Crippen molar-refractivity contribution in [2.24, 2.45) is 11.1 Å². The maximum atomic E-state index is 11.9. The van der Waals surface area contributed by atoms with Crippen LogP contribution in [0.1, 0.15) is 46.6 Å². The summed E-state index contributed by atoms with van der Waals surface area (Å²) >= 11 is 0. The van der Waals surface area contributed by atoms with E-state index in [-0.39, 0.29) is 12.0 Å². The number of ether oxygens (including phenoxy) is 1. The van der Waals surface area contributed by atoms with Crippen LogP contribution in [0.4, 0.5) is 4.79 Å². The highest BCUT2D eigenvalue weighted by molar-refractivity contribution is 5.75. The topological polar surface area (TPSA) is 59.9 Å². The monoisotopic (exact) mass is 320 g/mol. The number of rotatable bonds is 7. The highest BCUT2D eigenvalue weighted by Gasteiger charge is 2.21. The Hall–Kier alpha value is -2.04. The molecule has 23 heavy (non-hydrogen) atoms. The SMILES string of the molecule is CC[C@H](C)[C@@H](/C=N\OCc1ccccc1)NC(=O)OC(C)(C)C. The lowest BCUT2D eigenvalue weighted by atomic mass is 10.0. The van der Waals surface area contributed by atoms with Gasteiger partial charge in [-0.25, -0.2) is 4.79 Å². The molecule has 0 spiro atoms. The number of oxime groups is 1. The van der Waals surface area contributed by atoms with Crippen LogP contribution in [0.3, 0.4) is 0 Å². The summed E-state index contributed by atoms with van der Waals surface area (Å²) in [6.45, 7) is 10.0. The Morgan fingerprint density at radius 1 is 1.30 bits per heavy atom. The van der Waals surface area contributed by atoms with Crippen molar-refractivity contribution in [2.75, 3.05) is 0 Å². The van der Waals surface area contributed by atoms with Crippen LogP contribution in [0.25, 0.3) is 0 Å². The van der Waals surface area contributed by atoms with E-state index < -0.39 is 11.7 Å². The lowest BCUT2D eigenvalue weighted by Crippen LogP contribution is -2.43. The maximum Gasteiger partial charge on any atom is 0.408 e. The summed E-state index contributed by atoms with van der Waals surface area (Å²) in [5.41, 5.74) is 0.523. The fourth-order valence-electron chi connectivity index (χ4n) is 1.82. The number of alkyl carbamates (subject to hydrolysis) is 1. The predicted octanol–water partition coefficient (Wildman–Crippen LogP) is 4.13. The number of carbonyl (C=O) groups excluding carboxylic acids is 1. The van der Waals surface area contributed by atoms with Gasteiger partial charge in [0.25, 0.3) is 0 Å². The van der Waals surface area contributed by atoms with Gasteiger partial charge in [0.05, 0.1) is 12.3 Å². The largest absolute Gasteiger partial charge is 0.444 e. The lowest BCUT2D eigenvalue weighted by molar-refractivity contribution is 0.0506. The third-order valence-electron chi connectivity index (χ3n) is 3.31. The second kappa shape index (κ2) is 9.18. The van der Waals surface area contributed by atoms with Crippen molar-refractivity contribution in [3.63, 3.8) is 0 Å². The first-order valence-corrected chi connectivity index (χ1v) is 8.00. The van der Waals surface area contributed by atoms with Crippen molar-refractivity contribution < 1.29 is 14.4 Å². The standard InChI is InChI=1S/C18H28N2O3/c1-6-14(2)16(20-17(21)23-18(3,4)5)12-19-22-13-15-10-8-7-9-11-15/h7-12,14,16H,6,13H2,1-5H3,(H,20,21)/b19-12-/t14-,16+/m0/s1. The van der Waals surface area contributed by atoms with Crippen molar-refractivity contribution in [3.05, 3.63) is 35.9 Å². The van der Waals surface area contributed by atoms with Gasteiger partial charge in [0.1, 0.15) is 12.2 Å². The first kappa shape index (κ1) is 19.0. The molecule has 0 bridgehead atoms. The van der Waals surface area contributed by atoms with Gasteiger partial charge < -0.3 is 14.9 Å². The van der Waals surface area contributed by atoms with Gasteiger partial charge in [0.15, 0.2) is 0 Å². The molecule has 0 heterocycles. The second-order valence-corrected chi connectivity index (χ2v) is 6.57. The Bertz CT molecular complexity index is 495. The number of hydrogen-bond donors (Lipinski definition) is 1. The van der Waals surface area contributed by atoms with Crippen LogP contribution >= 0.6 is 0 Å². The van der Waals surface area contributed by atoms with Crippen LogP contribution in [-0.2, 0) is 16.2 Å². The van der Waals surface area contributed by atoms with E-state index in [4.69, 9.17) is 9.57 Å². The first-order valence-electron chi connectivity index (χ1n) is 8.00. The minimum absolute atomic E-state index is 0.228. The Labute approximate surface area is 139 Å². The number of nitrogens with zero attached hydrogens (tertiary/aromatic N) is 1. The maximum absolute atomic E-state index is 11.9. The molecule has 1 aromatic rings. The van der Waals surface area contributed by atoms with Gasteiger partial charge in [0.2, 0.25) is 0 Å². The minimum atomic E-state index is -0.523. The van der Waals surface area contributed by atoms with Gasteiger partial charge >= 0.3 is 6.09 Å². The normalized spacial score (nSPS) is 14.3. The number of nitrogens with one attached hydrogen (secondary N) is 1. The van der Waals surface area contributed by atoms with E-state index in [2.05, 4.69) is 17.4 Å². The number of hydrogen-bond acceptors (Lipinski definition) is 4. The Morgan fingerprint density at radius 2 is 1.96 bits per heavy atom. The van der Waals surface area contributed by atoms with Crippen LogP contribution in [0, 0.1) is 5.92 Å². The van der Waals surface area contributed by atoms with Crippen molar-refractivity contribution in [1.29, 1.82) is 0 Å². The van der Waals surface area contributed by atoms with E-state index in [1.165, 1.54) is 0 Å². The van der Waals surface area contributed by atoms with Crippen LogP contribution in [0.2, 0.25) is 0 Å². The molecule has 5 nitrogen and oxygen atoms in total. The molecular formula is C18H28N2O3. The molecule has 1 rings (SSSR count). The van der Waals surface area contributed by atoms with E-state index in [9.17, 15) is 4.79 Å². The third kappa shape index (κ3) is 8.24. The Kier molecular flexibility index (Phi) is 7.59. The Morgan fingerprint density at radius 3 is 2.52 bits per heavy atom. The van der Waals surface area contributed by atoms with Crippen molar-refractivity contribution >= 4 is 12.3 Å². The molecule has 0 aliphatic heterocycles. The van der Waals surface area contributed by atoms with Gasteiger partial charge in [-0.2, -0.15) is 0 Å². The molecule has 128 valence electrons. The average Bonchev–Trinajstić information content (AvgIpc) is 2.48. The molecule has 1 N–H and O–H groups in total. The summed E-state index contributed by atoms with van der Waals surface area (Å²) < 4.78 is 5.29. The smallest absolute Gasteiger partial charge is 0.408 e. The molecule has 0 aromatic heterocycles. The van der Waals surface area contributed by atoms with E-state index in [0.29, 0.717) is 6.61 Å². The van der Waals surface area contributed by atoms with E-state index in [1.807, 2.05) is 58.0 Å². The van der Waals surface area contributed by atoms with Gasteiger partial charge in [-0.15, -0.1) is 0 Å². The molecule has 0 aliphatic carbocycles.